The molecular formula is C23H46O4Si. The lowest BCUT2D eigenvalue weighted by atomic mass is 9.60. The van der Waals surface area contributed by atoms with E-state index in [1.165, 1.54) is 0 Å². The van der Waals surface area contributed by atoms with E-state index in [-0.39, 0.29) is 40.1 Å². The molecule has 1 fully saturated rings. The van der Waals surface area contributed by atoms with Crippen molar-refractivity contribution in [2.75, 3.05) is 0 Å². The van der Waals surface area contributed by atoms with E-state index in [1.807, 2.05) is 0 Å². The van der Waals surface area contributed by atoms with E-state index in [9.17, 15) is 15.0 Å². The molecule has 2 N–H and O–H groups in total. The molecule has 0 saturated heterocycles. The zero-order valence-corrected chi connectivity index (χ0v) is 21.2. The van der Waals surface area contributed by atoms with Crippen LogP contribution in [0, 0.1) is 23.2 Å². The first-order chi connectivity index (χ1) is 12.3. The molecule has 1 saturated carbocycles. The monoisotopic (exact) mass is 414 g/mol. The summed E-state index contributed by atoms with van der Waals surface area (Å²) in [7, 11) is -2.03. The number of aliphatic hydroxyl groups is 2. The summed E-state index contributed by atoms with van der Waals surface area (Å²) in [6, 6.07) is 0. The molecule has 0 spiro atoms. The molecule has 166 valence electrons. The smallest absolute Gasteiger partial charge is 0.192 e. The van der Waals surface area contributed by atoms with Gasteiger partial charge in [0.05, 0.1) is 17.8 Å². The highest BCUT2D eigenvalue weighted by atomic mass is 28.4. The van der Waals surface area contributed by atoms with Gasteiger partial charge in [-0.1, -0.05) is 48.5 Å². The molecule has 4 nitrogen and oxygen atoms in total. The topological polar surface area (TPSA) is 66.8 Å². The van der Waals surface area contributed by atoms with Gasteiger partial charge < -0.3 is 14.6 Å². The van der Waals surface area contributed by atoms with E-state index in [4.69, 9.17) is 4.43 Å². The summed E-state index contributed by atoms with van der Waals surface area (Å²) in [5.41, 5.74) is -1.33. The van der Waals surface area contributed by atoms with Crippen LogP contribution in [0.3, 0.4) is 0 Å². The largest absolute Gasteiger partial charge is 0.413 e. The van der Waals surface area contributed by atoms with Gasteiger partial charge in [0.15, 0.2) is 8.32 Å². The molecule has 0 bridgehead atoms. The van der Waals surface area contributed by atoms with Crippen molar-refractivity contribution >= 4 is 14.1 Å². The van der Waals surface area contributed by atoms with E-state index >= 15 is 0 Å². The number of rotatable bonds is 7. The summed E-state index contributed by atoms with van der Waals surface area (Å²) in [5, 5.41) is 20.6. The fourth-order valence-corrected chi connectivity index (χ4v) is 5.43. The quantitative estimate of drug-likeness (QED) is 0.564. The minimum Gasteiger partial charge on any atom is -0.413 e. The Bertz CT molecular complexity index is 540. The van der Waals surface area contributed by atoms with Crippen LogP contribution < -0.4 is 0 Å². The van der Waals surface area contributed by atoms with Crippen LogP contribution in [0.5, 0.6) is 0 Å². The van der Waals surface area contributed by atoms with Crippen LogP contribution in [0.25, 0.3) is 0 Å². The molecule has 0 amide bonds. The number of carbonyl (C=O) groups excluding carboxylic acids is 1. The van der Waals surface area contributed by atoms with Gasteiger partial charge in [-0.3, -0.25) is 4.79 Å². The summed E-state index contributed by atoms with van der Waals surface area (Å²) in [6.45, 7) is 23.1. The molecule has 1 rings (SSSR count). The number of carbonyl (C=O) groups is 1. The second-order valence-electron chi connectivity index (χ2n) is 12.1. The number of hydrogen-bond acceptors (Lipinski definition) is 4. The second-order valence-corrected chi connectivity index (χ2v) is 16.9. The molecule has 0 aromatic carbocycles. The van der Waals surface area contributed by atoms with Crippen LogP contribution >= 0.6 is 0 Å². The van der Waals surface area contributed by atoms with E-state index in [0.29, 0.717) is 6.42 Å². The first-order valence-corrected chi connectivity index (χ1v) is 13.8. The van der Waals surface area contributed by atoms with Crippen LogP contribution in [0.1, 0.15) is 81.6 Å². The van der Waals surface area contributed by atoms with E-state index in [0.717, 1.165) is 12.8 Å². The molecule has 1 aliphatic rings. The van der Waals surface area contributed by atoms with E-state index < -0.39 is 20.0 Å². The highest BCUT2D eigenvalue weighted by Gasteiger charge is 2.51. The maximum Gasteiger partial charge on any atom is 0.192 e. The van der Waals surface area contributed by atoms with Crippen molar-refractivity contribution < 1.29 is 19.4 Å². The second kappa shape index (κ2) is 8.48. The van der Waals surface area contributed by atoms with Crippen LogP contribution in [0.4, 0.5) is 0 Å². The van der Waals surface area contributed by atoms with Crippen LogP contribution in [0.15, 0.2) is 0 Å². The number of aliphatic hydroxyl groups excluding tert-OH is 1. The zero-order valence-electron chi connectivity index (χ0n) is 20.2. The van der Waals surface area contributed by atoms with Crippen LogP contribution in [0.2, 0.25) is 18.1 Å². The Morgan fingerprint density at radius 3 is 2.07 bits per heavy atom. The normalized spacial score (nSPS) is 26.4. The van der Waals surface area contributed by atoms with Gasteiger partial charge in [0.1, 0.15) is 5.78 Å². The minimum absolute atomic E-state index is 0.0819. The van der Waals surface area contributed by atoms with Gasteiger partial charge in [0.2, 0.25) is 0 Å². The van der Waals surface area contributed by atoms with Crippen molar-refractivity contribution in [1.29, 1.82) is 0 Å². The number of Topliss-reactive ketones (excluding diaryl/α,β-unsaturated/α-hetero) is 1. The van der Waals surface area contributed by atoms with Crippen molar-refractivity contribution in [3.63, 3.8) is 0 Å². The highest BCUT2D eigenvalue weighted by molar-refractivity contribution is 6.74. The first kappa shape index (κ1) is 25.8. The average Bonchev–Trinajstić information content (AvgIpc) is 2.46. The van der Waals surface area contributed by atoms with Gasteiger partial charge in [0, 0.05) is 11.8 Å². The minimum atomic E-state index is -2.03. The van der Waals surface area contributed by atoms with Crippen molar-refractivity contribution in [3.8, 4) is 0 Å². The third-order valence-electron chi connectivity index (χ3n) is 7.23. The van der Waals surface area contributed by atoms with E-state index in [1.54, 1.807) is 13.8 Å². The zero-order chi connectivity index (χ0) is 22.3. The maximum atomic E-state index is 13.6. The van der Waals surface area contributed by atoms with Gasteiger partial charge in [0.25, 0.3) is 0 Å². The molecule has 1 aliphatic carbocycles. The fourth-order valence-electron chi connectivity index (χ4n) is 3.99. The fraction of sp³-hybridized carbons (Fsp3) is 0.957. The van der Waals surface area contributed by atoms with Gasteiger partial charge in [-0.25, -0.2) is 0 Å². The van der Waals surface area contributed by atoms with Crippen molar-refractivity contribution in [3.05, 3.63) is 0 Å². The molecule has 0 heterocycles. The van der Waals surface area contributed by atoms with Crippen molar-refractivity contribution in [2.24, 2.45) is 23.2 Å². The number of hydrogen-bond donors (Lipinski definition) is 2. The molecule has 5 heteroatoms. The maximum absolute atomic E-state index is 13.6. The molecular weight excluding hydrogens is 368 g/mol. The molecule has 28 heavy (non-hydrogen) atoms. The van der Waals surface area contributed by atoms with Crippen LogP contribution in [-0.4, -0.2) is 42.1 Å². The van der Waals surface area contributed by atoms with Crippen molar-refractivity contribution in [1.82, 2.24) is 0 Å². The third kappa shape index (κ3) is 5.90. The third-order valence-corrected chi connectivity index (χ3v) is 11.7. The predicted molar refractivity (Wildman–Crippen MR) is 119 cm³/mol. The SMILES string of the molecule is CC(C)[C@@H](O[Si](C)(C)C(C)(C)C)[C@@H]1C(=O)[C@@H](CC(O)C(C)(C)O)CCC1(C)C. The first-order valence-electron chi connectivity index (χ1n) is 10.9. The van der Waals surface area contributed by atoms with E-state index in [2.05, 4.69) is 61.6 Å². The Balaban J connectivity index is 3.20. The molecule has 0 aromatic heterocycles. The van der Waals surface area contributed by atoms with Gasteiger partial charge in [-0.15, -0.1) is 0 Å². The Hall–Kier alpha value is -0.233. The average molecular weight is 415 g/mol. The summed E-state index contributed by atoms with van der Waals surface area (Å²) >= 11 is 0. The molecule has 4 atom stereocenters. The van der Waals surface area contributed by atoms with Gasteiger partial charge in [-0.05, 0) is 62.6 Å². The molecule has 0 radical (unpaired) electrons. The lowest BCUT2D eigenvalue weighted by Gasteiger charge is -2.49. The summed E-state index contributed by atoms with van der Waals surface area (Å²) in [5.74, 6) is 0.0374. The Morgan fingerprint density at radius 2 is 1.68 bits per heavy atom. The summed E-state index contributed by atoms with van der Waals surface area (Å²) in [6.07, 6.45) is 0.990. The van der Waals surface area contributed by atoms with Crippen LogP contribution in [-0.2, 0) is 9.22 Å². The van der Waals surface area contributed by atoms with Crippen molar-refractivity contribution in [2.45, 2.75) is 118 Å². The highest BCUT2D eigenvalue weighted by Crippen LogP contribution is 2.48. The lowest BCUT2D eigenvalue weighted by molar-refractivity contribution is -0.145. The van der Waals surface area contributed by atoms with Gasteiger partial charge in [-0.2, -0.15) is 0 Å². The molecule has 0 aromatic rings. The van der Waals surface area contributed by atoms with Gasteiger partial charge >= 0.3 is 0 Å². The standard InChI is InChI=1S/C23H46O4Si/c1-15(2)20(27-28(10,11)21(3,4)5)18-19(25)16(12-13-22(18,6)7)14-17(24)23(8,9)26/h15-18,20,24,26H,12-14H2,1-11H3/t16-,17?,18+,20-/m1/s1. The lowest BCUT2D eigenvalue weighted by Crippen LogP contribution is -2.55. The predicted octanol–water partition coefficient (Wildman–Crippen LogP) is 5.18. The molecule has 1 unspecified atom stereocenters. The Morgan fingerprint density at radius 1 is 1.18 bits per heavy atom. The molecule has 0 aliphatic heterocycles. The number of ketones is 1. The Labute approximate surface area is 174 Å². The Kier molecular flexibility index (Phi) is 7.82. The summed E-state index contributed by atoms with van der Waals surface area (Å²) in [4.78, 5) is 13.6. The summed E-state index contributed by atoms with van der Waals surface area (Å²) < 4.78 is 6.84.